The Hall–Kier alpha value is -2.82. The number of rotatable bonds is 5. The number of benzene rings is 2. The molecule has 0 aliphatic carbocycles. The van der Waals surface area contributed by atoms with E-state index >= 15 is 0 Å². The number of halogens is 1. The Bertz CT molecular complexity index is 779. The van der Waals surface area contributed by atoms with E-state index in [1.807, 2.05) is 17.0 Å². The van der Waals surface area contributed by atoms with Gasteiger partial charge in [0.2, 0.25) is 5.91 Å². The van der Waals surface area contributed by atoms with Crippen molar-refractivity contribution in [3.05, 3.63) is 65.5 Å². The van der Waals surface area contributed by atoms with Gasteiger partial charge in [-0.2, -0.15) is 0 Å². The summed E-state index contributed by atoms with van der Waals surface area (Å²) >= 11 is 0. The second kappa shape index (κ2) is 8.04. The van der Waals surface area contributed by atoms with Gasteiger partial charge in [-0.05, 0) is 54.3 Å². The molecular formula is C21H22FNO3. The number of carbonyl (C=O) groups excluding carboxylic acids is 1. The van der Waals surface area contributed by atoms with E-state index in [1.54, 1.807) is 44.6 Å². The van der Waals surface area contributed by atoms with Gasteiger partial charge in [0.1, 0.15) is 17.3 Å². The van der Waals surface area contributed by atoms with Crippen molar-refractivity contribution >= 4 is 12.0 Å². The fraction of sp³-hybridized carbons (Fsp3) is 0.286. The Morgan fingerprint density at radius 1 is 1.12 bits per heavy atom. The summed E-state index contributed by atoms with van der Waals surface area (Å²) in [5.74, 6) is 1.01. The molecule has 5 heteroatoms. The molecule has 0 N–H and O–H groups in total. The van der Waals surface area contributed by atoms with Crippen LogP contribution in [-0.4, -0.2) is 31.6 Å². The van der Waals surface area contributed by atoms with Crippen LogP contribution >= 0.6 is 0 Å². The second-order valence-electron chi connectivity index (χ2n) is 6.22. The molecule has 0 bridgehead atoms. The monoisotopic (exact) mass is 355 g/mol. The van der Waals surface area contributed by atoms with Crippen molar-refractivity contribution in [2.75, 3.05) is 20.8 Å². The maximum atomic E-state index is 13.1. The molecule has 3 rings (SSSR count). The Morgan fingerprint density at radius 3 is 2.38 bits per heavy atom. The molecule has 1 saturated heterocycles. The van der Waals surface area contributed by atoms with Gasteiger partial charge in [0, 0.05) is 18.7 Å². The Morgan fingerprint density at radius 2 is 1.77 bits per heavy atom. The third-order valence-electron chi connectivity index (χ3n) is 4.58. The summed E-state index contributed by atoms with van der Waals surface area (Å²) in [4.78, 5) is 14.5. The fourth-order valence-electron chi connectivity index (χ4n) is 3.25. The SMILES string of the molecule is COc1cc(/C=C/C(=O)N2CCCC2c2ccc(F)cc2)cc(OC)c1. The first-order chi connectivity index (χ1) is 12.6. The third-order valence-corrected chi connectivity index (χ3v) is 4.58. The predicted molar refractivity (Wildman–Crippen MR) is 98.7 cm³/mol. The summed E-state index contributed by atoms with van der Waals surface area (Å²) < 4.78 is 23.6. The third kappa shape index (κ3) is 4.04. The molecule has 0 saturated carbocycles. The summed E-state index contributed by atoms with van der Waals surface area (Å²) in [6.07, 6.45) is 5.15. The highest BCUT2D eigenvalue weighted by Crippen LogP contribution is 2.32. The highest BCUT2D eigenvalue weighted by molar-refractivity contribution is 5.92. The van der Waals surface area contributed by atoms with E-state index < -0.39 is 0 Å². The number of amides is 1. The number of methoxy groups -OCH3 is 2. The minimum atomic E-state index is -0.267. The van der Waals surface area contributed by atoms with Gasteiger partial charge in [0.05, 0.1) is 20.3 Å². The first-order valence-corrected chi connectivity index (χ1v) is 8.58. The van der Waals surface area contributed by atoms with E-state index in [0.717, 1.165) is 24.0 Å². The molecule has 4 nitrogen and oxygen atoms in total. The van der Waals surface area contributed by atoms with Crippen molar-refractivity contribution in [2.45, 2.75) is 18.9 Å². The van der Waals surface area contributed by atoms with Gasteiger partial charge < -0.3 is 14.4 Å². The van der Waals surface area contributed by atoms with E-state index in [0.29, 0.717) is 18.0 Å². The molecule has 0 radical (unpaired) electrons. The first-order valence-electron chi connectivity index (χ1n) is 8.58. The first kappa shape index (κ1) is 18.0. The average Bonchev–Trinajstić information content (AvgIpc) is 3.16. The zero-order chi connectivity index (χ0) is 18.5. The van der Waals surface area contributed by atoms with E-state index in [1.165, 1.54) is 12.1 Å². The molecule has 1 heterocycles. The maximum Gasteiger partial charge on any atom is 0.247 e. The van der Waals surface area contributed by atoms with Gasteiger partial charge >= 0.3 is 0 Å². The van der Waals surface area contributed by atoms with Crippen LogP contribution in [0.1, 0.15) is 30.0 Å². The van der Waals surface area contributed by atoms with Crippen molar-refractivity contribution in [3.63, 3.8) is 0 Å². The molecule has 26 heavy (non-hydrogen) atoms. The lowest BCUT2D eigenvalue weighted by atomic mass is 10.0. The Balaban J connectivity index is 1.76. The molecule has 2 aromatic rings. The van der Waals surface area contributed by atoms with E-state index in [2.05, 4.69) is 0 Å². The highest BCUT2D eigenvalue weighted by Gasteiger charge is 2.28. The van der Waals surface area contributed by atoms with E-state index in [9.17, 15) is 9.18 Å². The molecular weight excluding hydrogens is 333 g/mol. The smallest absolute Gasteiger partial charge is 0.247 e. The summed E-state index contributed by atoms with van der Waals surface area (Å²) in [5.41, 5.74) is 1.79. The van der Waals surface area contributed by atoms with Gasteiger partial charge in [0.25, 0.3) is 0 Å². The number of nitrogens with zero attached hydrogens (tertiary/aromatic N) is 1. The van der Waals surface area contributed by atoms with E-state index in [-0.39, 0.29) is 17.8 Å². The van der Waals surface area contributed by atoms with E-state index in [4.69, 9.17) is 9.47 Å². The highest BCUT2D eigenvalue weighted by atomic mass is 19.1. The minimum absolute atomic E-state index is 0.00686. The number of likely N-dealkylation sites (tertiary alicyclic amines) is 1. The molecule has 1 aliphatic rings. The van der Waals surface area contributed by atoms with Crippen molar-refractivity contribution in [1.82, 2.24) is 4.90 Å². The number of hydrogen-bond acceptors (Lipinski definition) is 3. The molecule has 1 amide bonds. The number of hydrogen-bond donors (Lipinski definition) is 0. The molecule has 0 aromatic heterocycles. The molecule has 136 valence electrons. The van der Waals surface area contributed by atoms with Gasteiger partial charge in [-0.25, -0.2) is 4.39 Å². The predicted octanol–water partition coefficient (Wildman–Crippen LogP) is 4.22. The molecule has 2 aromatic carbocycles. The fourth-order valence-corrected chi connectivity index (χ4v) is 3.25. The lowest BCUT2D eigenvalue weighted by Crippen LogP contribution is -2.28. The van der Waals surface area contributed by atoms with Crippen LogP contribution in [0.4, 0.5) is 4.39 Å². The van der Waals surface area contributed by atoms with Crippen LogP contribution in [-0.2, 0) is 4.79 Å². The second-order valence-corrected chi connectivity index (χ2v) is 6.22. The van der Waals surface area contributed by atoms with Crippen molar-refractivity contribution in [2.24, 2.45) is 0 Å². The lowest BCUT2D eigenvalue weighted by Gasteiger charge is -2.23. The van der Waals surface area contributed by atoms with Crippen molar-refractivity contribution < 1.29 is 18.7 Å². The quantitative estimate of drug-likeness (QED) is 0.754. The van der Waals surface area contributed by atoms with Crippen LogP contribution in [0.25, 0.3) is 6.08 Å². The molecule has 1 aliphatic heterocycles. The molecule has 0 spiro atoms. The molecule has 1 unspecified atom stereocenters. The standard InChI is InChI=1S/C21H22FNO3/c1-25-18-12-15(13-19(14-18)26-2)5-10-21(24)23-11-3-4-20(23)16-6-8-17(22)9-7-16/h5-10,12-14,20H,3-4,11H2,1-2H3/b10-5+. The zero-order valence-corrected chi connectivity index (χ0v) is 14.9. The van der Waals surface area contributed by atoms with Crippen LogP contribution in [0.15, 0.2) is 48.5 Å². The van der Waals surface area contributed by atoms with Crippen molar-refractivity contribution in [3.8, 4) is 11.5 Å². The Kier molecular flexibility index (Phi) is 5.56. The van der Waals surface area contributed by atoms with Gasteiger partial charge in [-0.15, -0.1) is 0 Å². The summed E-state index contributed by atoms with van der Waals surface area (Å²) in [5, 5.41) is 0. The lowest BCUT2D eigenvalue weighted by molar-refractivity contribution is -0.126. The topological polar surface area (TPSA) is 38.8 Å². The summed E-state index contributed by atoms with van der Waals surface area (Å²) in [6.45, 7) is 0.701. The molecule has 1 atom stereocenters. The van der Waals surface area contributed by atoms with Crippen LogP contribution < -0.4 is 9.47 Å². The van der Waals surface area contributed by atoms with Crippen LogP contribution in [0.5, 0.6) is 11.5 Å². The Labute approximate surface area is 152 Å². The van der Waals surface area contributed by atoms with Crippen LogP contribution in [0.2, 0.25) is 0 Å². The average molecular weight is 355 g/mol. The largest absolute Gasteiger partial charge is 0.497 e. The number of ether oxygens (including phenoxy) is 2. The summed E-state index contributed by atoms with van der Waals surface area (Å²) in [7, 11) is 3.18. The number of carbonyl (C=O) groups is 1. The minimum Gasteiger partial charge on any atom is -0.497 e. The summed E-state index contributed by atoms with van der Waals surface area (Å²) in [6, 6.07) is 11.8. The van der Waals surface area contributed by atoms with Crippen molar-refractivity contribution in [1.29, 1.82) is 0 Å². The van der Waals surface area contributed by atoms with Gasteiger partial charge in [0.15, 0.2) is 0 Å². The van der Waals surface area contributed by atoms with Crippen LogP contribution in [0.3, 0.4) is 0 Å². The molecule has 1 fully saturated rings. The maximum absolute atomic E-state index is 13.1. The zero-order valence-electron chi connectivity index (χ0n) is 14.9. The van der Waals surface area contributed by atoms with Gasteiger partial charge in [-0.3, -0.25) is 4.79 Å². The van der Waals surface area contributed by atoms with Gasteiger partial charge in [-0.1, -0.05) is 12.1 Å². The normalized spacial score (nSPS) is 16.9. The van der Waals surface area contributed by atoms with Crippen LogP contribution in [0, 0.1) is 5.82 Å².